The van der Waals surface area contributed by atoms with Gasteiger partial charge in [0.1, 0.15) is 5.69 Å². The van der Waals surface area contributed by atoms with Crippen molar-refractivity contribution >= 4 is 17.7 Å². The van der Waals surface area contributed by atoms with Crippen LogP contribution in [-0.4, -0.2) is 41.1 Å². The van der Waals surface area contributed by atoms with Crippen LogP contribution in [0.3, 0.4) is 0 Å². The van der Waals surface area contributed by atoms with E-state index in [0.29, 0.717) is 5.69 Å². The molecule has 6 heteroatoms. The Hall–Kier alpha value is -2.11. The van der Waals surface area contributed by atoms with Crippen molar-refractivity contribution < 1.29 is 14.7 Å². The number of carboxylic acid groups (broad SMARTS) is 1. The monoisotopic (exact) mass is 209 g/mol. The number of aromatic nitrogens is 1. The summed E-state index contributed by atoms with van der Waals surface area (Å²) in [5, 5.41) is 11.1. The maximum absolute atomic E-state index is 11.2. The lowest BCUT2D eigenvalue weighted by atomic mass is 10.3. The fraction of sp³-hybridized carbons (Fsp3) is 0.222. The van der Waals surface area contributed by atoms with Gasteiger partial charge in [-0.05, 0) is 12.1 Å². The van der Waals surface area contributed by atoms with E-state index in [4.69, 9.17) is 5.11 Å². The van der Waals surface area contributed by atoms with Gasteiger partial charge < -0.3 is 15.3 Å². The molecular weight excluding hydrogens is 198 g/mol. The average molecular weight is 209 g/mol. The second-order valence-corrected chi connectivity index (χ2v) is 3.06. The van der Waals surface area contributed by atoms with Gasteiger partial charge in [0.05, 0.1) is 11.9 Å². The van der Waals surface area contributed by atoms with E-state index in [2.05, 4.69) is 10.3 Å². The zero-order valence-corrected chi connectivity index (χ0v) is 8.39. The van der Waals surface area contributed by atoms with Crippen molar-refractivity contribution in [1.82, 2.24) is 9.88 Å². The molecule has 1 rings (SSSR count). The topological polar surface area (TPSA) is 82.5 Å². The first-order valence-corrected chi connectivity index (χ1v) is 4.18. The predicted octanol–water partition coefficient (Wildman–Crippen LogP) is 0.873. The fourth-order valence-corrected chi connectivity index (χ4v) is 0.830. The molecule has 15 heavy (non-hydrogen) atoms. The van der Waals surface area contributed by atoms with E-state index in [1.54, 1.807) is 14.1 Å². The van der Waals surface area contributed by atoms with Gasteiger partial charge in [-0.2, -0.15) is 0 Å². The quantitative estimate of drug-likeness (QED) is 0.757. The summed E-state index contributed by atoms with van der Waals surface area (Å²) in [7, 11) is 3.21. The van der Waals surface area contributed by atoms with Crippen molar-refractivity contribution in [2.75, 3.05) is 19.4 Å². The largest absolute Gasteiger partial charge is 0.477 e. The van der Waals surface area contributed by atoms with E-state index < -0.39 is 5.97 Å². The smallest absolute Gasteiger partial charge is 0.354 e. The molecule has 0 saturated carbocycles. The Morgan fingerprint density at radius 1 is 1.40 bits per heavy atom. The number of aromatic carboxylic acids is 1. The number of hydrogen-bond acceptors (Lipinski definition) is 3. The summed E-state index contributed by atoms with van der Waals surface area (Å²) < 4.78 is 0. The van der Waals surface area contributed by atoms with Gasteiger partial charge in [0.25, 0.3) is 0 Å². The van der Waals surface area contributed by atoms with E-state index in [0.717, 1.165) is 0 Å². The molecular formula is C9H11N3O3. The summed E-state index contributed by atoms with van der Waals surface area (Å²) in [6.07, 6.45) is 1.30. The lowest BCUT2D eigenvalue weighted by Crippen LogP contribution is -2.27. The molecule has 80 valence electrons. The maximum atomic E-state index is 11.2. The number of urea groups is 1. The summed E-state index contributed by atoms with van der Waals surface area (Å²) in [6.45, 7) is 0. The zero-order valence-electron chi connectivity index (χ0n) is 8.39. The molecule has 1 aromatic rings. The number of carbonyl (C=O) groups is 2. The number of amides is 2. The molecule has 0 fully saturated rings. The second kappa shape index (κ2) is 4.41. The molecule has 0 aliphatic carbocycles. The van der Waals surface area contributed by atoms with E-state index in [9.17, 15) is 9.59 Å². The molecule has 6 nitrogen and oxygen atoms in total. The van der Waals surface area contributed by atoms with Gasteiger partial charge in [-0.1, -0.05) is 0 Å². The normalized spacial score (nSPS) is 9.47. The van der Waals surface area contributed by atoms with Crippen LogP contribution in [0.4, 0.5) is 10.5 Å². The molecule has 2 amide bonds. The number of nitrogens with one attached hydrogen (secondary N) is 1. The van der Waals surface area contributed by atoms with E-state index in [1.807, 2.05) is 0 Å². The summed E-state index contributed by atoms with van der Waals surface area (Å²) in [5.41, 5.74) is 0.400. The standard InChI is InChI=1S/C9H11N3O3/c1-12(2)9(15)11-6-3-4-7(8(13)14)10-5-6/h3-5H,1-2H3,(H,11,15)(H,13,14). The minimum Gasteiger partial charge on any atom is -0.477 e. The Kier molecular flexibility index (Phi) is 3.22. The highest BCUT2D eigenvalue weighted by atomic mass is 16.4. The van der Waals surface area contributed by atoms with Crippen molar-refractivity contribution in [1.29, 1.82) is 0 Å². The number of carbonyl (C=O) groups excluding carboxylic acids is 1. The van der Waals surface area contributed by atoms with Crippen LogP contribution in [0.5, 0.6) is 0 Å². The highest BCUT2D eigenvalue weighted by molar-refractivity contribution is 5.90. The van der Waals surface area contributed by atoms with Crippen LogP contribution in [0.25, 0.3) is 0 Å². The Morgan fingerprint density at radius 3 is 2.47 bits per heavy atom. The van der Waals surface area contributed by atoms with Crippen molar-refractivity contribution in [3.63, 3.8) is 0 Å². The predicted molar refractivity (Wildman–Crippen MR) is 53.9 cm³/mol. The average Bonchev–Trinajstić information content (AvgIpc) is 2.18. The van der Waals surface area contributed by atoms with Gasteiger partial charge in [-0.15, -0.1) is 0 Å². The number of nitrogens with zero attached hydrogens (tertiary/aromatic N) is 2. The molecule has 1 aromatic heterocycles. The molecule has 0 aliphatic rings. The lowest BCUT2D eigenvalue weighted by Gasteiger charge is -2.11. The molecule has 0 aromatic carbocycles. The van der Waals surface area contributed by atoms with Crippen LogP contribution in [-0.2, 0) is 0 Å². The van der Waals surface area contributed by atoms with E-state index in [1.165, 1.54) is 23.2 Å². The number of pyridine rings is 1. The minimum absolute atomic E-state index is 0.0575. The summed E-state index contributed by atoms with van der Waals surface area (Å²) >= 11 is 0. The molecule has 0 atom stereocenters. The van der Waals surface area contributed by atoms with Gasteiger partial charge >= 0.3 is 12.0 Å². The van der Waals surface area contributed by atoms with Crippen LogP contribution in [0.2, 0.25) is 0 Å². The van der Waals surface area contributed by atoms with Gasteiger partial charge in [0.2, 0.25) is 0 Å². The fourth-order valence-electron chi connectivity index (χ4n) is 0.830. The SMILES string of the molecule is CN(C)C(=O)Nc1ccc(C(=O)O)nc1. The Morgan fingerprint density at radius 2 is 2.07 bits per heavy atom. The molecule has 0 saturated heterocycles. The highest BCUT2D eigenvalue weighted by Gasteiger charge is 2.06. The first-order chi connectivity index (χ1) is 7.00. The van der Waals surface area contributed by atoms with Crippen molar-refractivity contribution in [2.45, 2.75) is 0 Å². The van der Waals surface area contributed by atoms with Crippen LogP contribution in [0, 0.1) is 0 Å². The Balaban J connectivity index is 2.73. The maximum Gasteiger partial charge on any atom is 0.354 e. The Bertz CT molecular complexity index is 373. The van der Waals surface area contributed by atoms with E-state index >= 15 is 0 Å². The molecule has 0 unspecified atom stereocenters. The summed E-state index contributed by atoms with van der Waals surface area (Å²) in [6, 6.07) is 2.52. The minimum atomic E-state index is -1.10. The summed E-state index contributed by atoms with van der Waals surface area (Å²) in [5.74, 6) is -1.10. The van der Waals surface area contributed by atoms with Gasteiger partial charge in [0, 0.05) is 14.1 Å². The zero-order chi connectivity index (χ0) is 11.4. The van der Waals surface area contributed by atoms with Crippen LogP contribution in [0.15, 0.2) is 18.3 Å². The van der Waals surface area contributed by atoms with Crippen molar-refractivity contribution in [2.24, 2.45) is 0 Å². The van der Waals surface area contributed by atoms with Crippen LogP contribution < -0.4 is 5.32 Å². The summed E-state index contributed by atoms with van der Waals surface area (Å²) in [4.78, 5) is 26.7. The molecule has 0 aliphatic heterocycles. The molecule has 1 heterocycles. The molecule has 2 N–H and O–H groups in total. The third kappa shape index (κ3) is 2.94. The van der Waals surface area contributed by atoms with Crippen molar-refractivity contribution in [3.8, 4) is 0 Å². The van der Waals surface area contributed by atoms with E-state index in [-0.39, 0.29) is 11.7 Å². The van der Waals surface area contributed by atoms with Crippen LogP contribution in [0.1, 0.15) is 10.5 Å². The number of carboxylic acids is 1. The first-order valence-electron chi connectivity index (χ1n) is 4.18. The van der Waals surface area contributed by atoms with Crippen LogP contribution >= 0.6 is 0 Å². The first kappa shape index (κ1) is 11.0. The second-order valence-electron chi connectivity index (χ2n) is 3.06. The molecule has 0 spiro atoms. The van der Waals surface area contributed by atoms with Crippen molar-refractivity contribution in [3.05, 3.63) is 24.0 Å². The van der Waals surface area contributed by atoms with Gasteiger partial charge in [-0.25, -0.2) is 14.6 Å². The third-order valence-corrected chi connectivity index (χ3v) is 1.64. The number of hydrogen-bond donors (Lipinski definition) is 2. The number of anilines is 1. The number of rotatable bonds is 2. The molecule has 0 radical (unpaired) electrons. The highest BCUT2D eigenvalue weighted by Crippen LogP contribution is 2.06. The van der Waals surface area contributed by atoms with Gasteiger partial charge in [0.15, 0.2) is 0 Å². The van der Waals surface area contributed by atoms with Gasteiger partial charge in [-0.3, -0.25) is 0 Å². The Labute approximate surface area is 86.5 Å². The third-order valence-electron chi connectivity index (χ3n) is 1.64. The lowest BCUT2D eigenvalue weighted by molar-refractivity contribution is 0.0690. The molecule has 0 bridgehead atoms.